The van der Waals surface area contributed by atoms with E-state index in [1.165, 1.54) is 19.1 Å². The number of benzene rings is 2. The number of carbonyl (C=O) groups excluding carboxylic acids is 5. The fraction of sp³-hybridized carbons (Fsp3) is 0.370. The third kappa shape index (κ3) is 8.47. The zero-order chi connectivity index (χ0) is 29.4. The summed E-state index contributed by atoms with van der Waals surface area (Å²) in [6.45, 7) is 5.26. The van der Waals surface area contributed by atoms with Gasteiger partial charge in [-0.05, 0) is 61.6 Å². The highest BCUT2D eigenvalue weighted by Crippen LogP contribution is 2.24. The van der Waals surface area contributed by atoms with Crippen molar-refractivity contribution < 1.29 is 32.7 Å². The summed E-state index contributed by atoms with van der Waals surface area (Å²) in [5.74, 6) is -1.65. The van der Waals surface area contributed by atoms with E-state index < -0.39 is 34.4 Å². The van der Waals surface area contributed by atoms with Crippen molar-refractivity contribution in [2.24, 2.45) is 5.92 Å². The minimum absolute atomic E-state index is 0.0647. The molecule has 13 heteroatoms. The van der Waals surface area contributed by atoms with Crippen molar-refractivity contribution in [3.8, 4) is 0 Å². The lowest BCUT2D eigenvalue weighted by Crippen LogP contribution is -2.47. The lowest BCUT2D eigenvalue weighted by Gasteiger charge is -2.23. The van der Waals surface area contributed by atoms with E-state index in [0.717, 1.165) is 16.7 Å². The van der Waals surface area contributed by atoms with E-state index in [2.05, 4.69) is 15.4 Å². The number of hydrogen-bond donors (Lipinski definition) is 4. The average Bonchev–Trinajstić information content (AvgIpc) is 3.13. The van der Waals surface area contributed by atoms with E-state index >= 15 is 0 Å². The van der Waals surface area contributed by atoms with Gasteiger partial charge in [-0.2, -0.15) is 0 Å². The smallest absolute Gasteiger partial charge is 0.261 e. The molecule has 3 atom stereocenters. The molecule has 0 saturated carbocycles. The van der Waals surface area contributed by atoms with Gasteiger partial charge in [0.15, 0.2) is 5.12 Å². The standard InChI is InChI=1S/C27H32N4O7S2/c1-16(2)15-22(24(33)28-18-10-12-19(13-11-18)30-40(37)38)29-25(34)23(39-17(3)32)9-6-14-31-26(35)20-7-4-5-8-21(20)27(31)36/h4-5,7-8,10-13,16,22-23,30H,6,9,14-15H2,1-3H3,(H,28,33)(H,29,34)(H,37,38)/t22-,23?/m0/s1. The number of imide groups is 1. The first-order chi connectivity index (χ1) is 19.0. The summed E-state index contributed by atoms with van der Waals surface area (Å²) in [5.41, 5.74) is 1.50. The summed E-state index contributed by atoms with van der Waals surface area (Å²) >= 11 is -1.39. The van der Waals surface area contributed by atoms with Crippen LogP contribution in [0.2, 0.25) is 0 Å². The van der Waals surface area contributed by atoms with Crippen LogP contribution in [0.3, 0.4) is 0 Å². The van der Waals surface area contributed by atoms with Crippen LogP contribution in [-0.2, 0) is 25.7 Å². The van der Waals surface area contributed by atoms with E-state index in [1.807, 2.05) is 13.8 Å². The molecule has 0 bridgehead atoms. The molecular formula is C27H32N4O7S2. The van der Waals surface area contributed by atoms with Crippen molar-refractivity contribution in [3.63, 3.8) is 0 Å². The summed E-state index contributed by atoms with van der Waals surface area (Å²) in [4.78, 5) is 64.6. The van der Waals surface area contributed by atoms with Crippen LogP contribution in [0.4, 0.5) is 11.4 Å². The van der Waals surface area contributed by atoms with Gasteiger partial charge in [0.05, 0.1) is 16.4 Å². The molecule has 11 nitrogen and oxygen atoms in total. The molecule has 1 heterocycles. The van der Waals surface area contributed by atoms with Crippen molar-refractivity contribution in [1.82, 2.24) is 10.2 Å². The first kappa shape index (κ1) is 31.0. The van der Waals surface area contributed by atoms with E-state index in [9.17, 15) is 28.2 Å². The Hall–Kier alpha value is -3.55. The molecule has 1 aliphatic rings. The highest BCUT2D eigenvalue weighted by molar-refractivity contribution is 8.14. The normalized spacial score (nSPS) is 14.9. The van der Waals surface area contributed by atoms with Crippen LogP contribution in [0.25, 0.3) is 0 Å². The highest BCUT2D eigenvalue weighted by Gasteiger charge is 2.35. The number of fused-ring (bicyclic) bond motifs is 1. The predicted molar refractivity (Wildman–Crippen MR) is 154 cm³/mol. The number of rotatable bonds is 13. The van der Waals surface area contributed by atoms with Gasteiger partial charge in [0, 0.05) is 24.8 Å². The Kier molecular flexibility index (Phi) is 11.0. The number of thioether (sulfide) groups is 1. The van der Waals surface area contributed by atoms with E-state index in [-0.39, 0.29) is 35.8 Å². The average molecular weight is 589 g/mol. The van der Waals surface area contributed by atoms with Gasteiger partial charge in [-0.15, -0.1) is 0 Å². The number of carbonyl (C=O) groups is 5. The van der Waals surface area contributed by atoms with Crippen LogP contribution in [0.15, 0.2) is 48.5 Å². The van der Waals surface area contributed by atoms with Crippen LogP contribution in [0.5, 0.6) is 0 Å². The second kappa shape index (κ2) is 14.2. The number of nitrogens with zero attached hydrogens (tertiary/aromatic N) is 1. The number of nitrogens with one attached hydrogen (secondary N) is 3. The Balaban J connectivity index is 1.63. The van der Waals surface area contributed by atoms with Gasteiger partial charge in [-0.3, -0.25) is 38.1 Å². The zero-order valence-corrected chi connectivity index (χ0v) is 24.0. The summed E-state index contributed by atoms with van der Waals surface area (Å²) in [6.07, 6.45) is 0.845. The molecule has 0 radical (unpaired) electrons. The molecular weight excluding hydrogens is 556 g/mol. The molecule has 0 spiro atoms. The summed E-state index contributed by atoms with van der Waals surface area (Å²) in [5, 5.41) is 4.41. The summed E-state index contributed by atoms with van der Waals surface area (Å²) in [6, 6.07) is 11.8. The molecule has 2 unspecified atom stereocenters. The Morgan fingerprint density at radius 3 is 2.05 bits per heavy atom. The molecule has 0 aliphatic carbocycles. The Morgan fingerprint density at radius 1 is 0.950 bits per heavy atom. The maximum atomic E-state index is 13.2. The van der Waals surface area contributed by atoms with E-state index in [0.29, 0.717) is 35.3 Å². The van der Waals surface area contributed by atoms with Gasteiger partial charge in [0.1, 0.15) is 6.04 Å². The molecule has 4 amide bonds. The SMILES string of the molecule is CC(=O)SC(CCCN1C(=O)c2ccccc2C1=O)C(=O)N[C@@H](CC(C)C)C(=O)Nc1ccc(NS(=O)O)cc1. The van der Waals surface area contributed by atoms with Gasteiger partial charge in [0.25, 0.3) is 23.1 Å². The Labute approximate surface area is 239 Å². The van der Waals surface area contributed by atoms with Gasteiger partial charge in [-0.1, -0.05) is 37.7 Å². The van der Waals surface area contributed by atoms with E-state index in [1.54, 1.807) is 36.4 Å². The summed E-state index contributed by atoms with van der Waals surface area (Å²) < 4.78 is 22.1. The Morgan fingerprint density at radius 2 is 1.52 bits per heavy atom. The van der Waals surface area contributed by atoms with Gasteiger partial charge >= 0.3 is 0 Å². The second-order valence-corrected chi connectivity index (χ2v) is 11.7. The molecule has 214 valence electrons. The quantitative estimate of drug-likeness (QED) is 0.204. The topological polar surface area (TPSA) is 162 Å². The molecule has 0 fully saturated rings. The molecule has 40 heavy (non-hydrogen) atoms. The van der Waals surface area contributed by atoms with Crippen LogP contribution in [0, 0.1) is 5.92 Å². The Bertz CT molecular complexity index is 1270. The largest absolute Gasteiger partial charge is 0.343 e. The maximum absolute atomic E-state index is 13.2. The van der Waals surface area contributed by atoms with Crippen LogP contribution < -0.4 is 15.4 Å². The molecule has 2 aromatic carbocycles. The molecule has 1 aliphatic heterocycles. The van der Waals surface area contributed by atoms with Crippen LogP contribution >= 0.6 is 11.8 Å². The van der Waals surface area contributed by atoms with Crippen molar-refractivity contribution in [2.45, 2.75) is 51.3 Å². The first-order valence-electron chi connectivity index (χ1n) is 12.7. The number of hydrogen-bond acceptors (Lipinski definition) is 7. The molecule has 0 saturated heterocycles. The molecule has 3 rings (SSSR count). The van der Waals surface area contributed by atoms with Crippen molar-refractivity contribution in [1.29, 1.82) is 0 Å². The number of amides is 4. The minimum Gasteiger partial charge on any atom is -0.343 e. The van der Waals surface area contributed by atoms with Crippen molar-refractivity contribution in [2.75, 3.05) is 16.6 Å². The summed E-state index contributed by atoms with van der Waals surface area (Å²) in [7, 11) is 0. The molecule has 4 N–H and O–H groups in total. The van der Waals surface area contributed by atoms with E-state index in [4.69, 9.17) is 4.55 Å². The van der Waals surface area contributed by atoms with Crippen LogP contribution in [0.1, 0.15) is 60.7 Å². The fourth-order valence-corrected chi connectivity index (χ4v) is 5.44. The minimum atomic E-state index is -2.23. The lowest BCUT2D eigenvalue weighted by molar-refractivity contribution is -0.126. The molecule has 2 aromatic rings. The number of anilines is 2. The first-order valence-corrected chi connectivity index (χ1v) is 14.7. The third-order valence-electron chi connectivity index (χ3n) is 6.02. The fourth-order valence-electron chi connectivity index (χ4n) is 4.24. The monoisotopic (exact) mass is 588 g/mol. The van der Waals surface area contributed by atoms with Crippen molar-refractivity contribution >= 4 is 63.1 Å². The van der Waals surface area contributed by atoms with Gasteiger partial charge in [-0.25, -0.2) is 4.21 Å². The lowest BCUT2D eigenvalue weighted by atomic mass is 10.0. The second-order valence-electron chi connectivity index (χ2n) is 9.66. The van der Waals surface area contributed by atoms with Gasteiger partial charge < -0.3 is 10.6 Å². The molecule has 0 aromatic heterocycles. The van der Waals surface area contributed by atoms with Gasteiger partial charge in [0.2, 0.25) is 11.8 Å². The van der Waals surface area contributed by atoms with Crippen LogP contribution in [-0.4, -0.2) is 60.2 Å². The maximum Gasteiger partial charge on any atom is 0.261 e. The highest BCUT2D eigenvalue weighted by atomic mass is 32.2. The zero-order valence-electron chi connectivity index (χ0n) is 22.3. The third-order valence-corrected chi connectivity index (χ3v) is 7.50. The predicted octanol–water partition coefficient (Wildman–Crippen LogP) is 3.43. The van der Waals surface area contributed by atoms with Crippen molar-refractivity contribution in [3.05, 3.63) is 59.7 Å².